The van der Waals surface area contributed by atoms with E-state index in [1.54, 1.807) is 11.0 Å². The number of ether oxygens (including phenoxy) is 1. The largest absolute Gasteiger partial charge is 0.376 e. The minimum absolute atomic E-state index is 0.00403. The van der Waals surface area contributed by atoms with E-state index >= 15 is 0 Å². The molecule has 1 heterocycles. The zero-order chi connectivity index (χ0) is 13.3. The smallest absolute Gasteiger partial charge is 0.253 e. The number of benzene rings is 1. The van der Waals surface area contributed by atoms with Crippen molar-refractivity contribution in [3.63, 3.8) is 0 Å². The lowest BCUT2D eigenvalue weighted by Crippen LogP contribution is -2.41. The molecule has 1 amide bonds. The van der Waals surface area contributed by atoms with Crippen molar-refractivity contribution in [2.45, 2.75) is 25.5 Å². The van der Waals surface area contributed by atoms with Crippen molar-refractivity contribution < 1.29 is 9.53 Å². The van der Waals surface area contributed by atoms with Crippen LogP contribution in [0.2, 0.25) is 5.02 Å². The Bertz CT molecular complexity index is 466. The maximum Gasteiger partial charge on any atom is 0.253 e. The molecule has 0 N–H and O–H groups in total. The summed E-state index contributed by atoms with van der Waals surface area (Å²) in [5.41, 5.74) is 0.627. The van der Waals surface area contributed by atoms with Crippen LogP contribution in [0, 0.1) is 3.57 Å². The van der Waals surface area contributed by atoms with Gasteiger partial charge in [-0.05, 0) is 54.1 Å². The predicted octanol–water partition coefficient (Wildman–Crippen LogP) is 3.19. The van der Waals surface area contributed by atoms with Crippen molar-refractivity contribution in [1.29, 1.82) is 0 Å². The zero-order valence-electron chi connectivity index (χ0n) is 10.3. The Labute approximate surface area is 126 Å². The van der Waals surface area contributed by atoms with Crippen LogP contribution in [0.5, 0.6) is 0 Å². The number of hydrogen-bond donors (Lipinski definition) is 0. The van der Waals surface area contributed by atoms with Crippen LogP contribution in [-0.2, 0) is 4.74 Å². The summed E-state index contributed by atoms with van der Waals surface area (Å²) >= 11 is 8.19. The molecule has 0 bridgehead atoms. The van der Waals surface area contributed by atoms with E-state index in [0.717, 1.165) is 16.6 Å². The number of halogens is 2. The van der Waals surface area contributed by atoms with Crippen LogP contribution < -0.4 is 0 Å². The molecule has 1 aromatic carbocycles. The Balaban J connectivity index is 2.17. The lowest BCUT2D eigenvalue weighted by molar-refractivity contribution is 0.0574. The molecular weight excluding hydrogens is 365 g/mol. The fraction of sp³-hybridized carbons (Fsp3) is 0.462. The second kappa shape index (κ2) is 5.75. The first-order valence-electron chi connectivity index (χ1n) is 5.84. The van der Waals surface area contributed by atoms with Crippen LogP contribution in [0.15, 0.2) is 18.2 Å². The summed E-state index contributed by atoms with van der Waals surface area (Å²) in [6.45, 7) is 2.72. The van der Waals surface area contributed by atoms with Crippen molar-refractivity contribution in [3.05, 3.63) is 32.4 Å². The van der Waals surface area contributed by atoms with E-state index in [-0.39, 0.29) is 18.1 Å². The minimum Gasteiger partial charge on any atom is -0.376 e. The molecule has 5 heteroatoms. The molecule has 2 unspecified atom stereocenters. The number of hydrogen-bond acceptors (Lipinski definition) is 2. The normalized spacial score (nSPS) is 23.1. The Hall–Kier alpha value is -0.330. The molecule has 98 valence electrons. The average Bonchev–Trinajstić information content (AvgIpc) is 2.77. The van der Waals surface area contributed by atoms with Gasteiger partial charge in [0, 0.05) is 22.8 Å². The first-order valence-corrected chi connectivity index (χ1v) is 7.30. The van der Waals surface area contributed by atoms with Crippen LogP contribution in [0.3, 0.4) is 0 Å². The number of carbonyl (C=O) groups excluding carboxylic acids is 1. The first-order chi connectivity index (χ1) is 8.50. The summed E-state index contributed by atoms with van der Waals surface area (Å²) in [5, 5.41) is 0.616. The summed E-state index contributed by atoms with van der Waals surface area (Å²) in [6, 6.07) is 5.55. The maximum atomic E-state index is 12.4. The Morgan fingerprint density at radius 1 is 1.56 bits per heavy atom. The summed E-state index contributed by atoms with van der Waals surface area (Å²) in [6.07, 6.45) is 0.986. The van der Waals surface area contributed by atoms with Crippen LogP contribution >= 0.6 is 34.2 Å². The van der Waals surface area contributed by atoms with Crippen LogP contribution in [0.25, 0.3) is 0 Å². The van der Waals surface area contributed by atoms with Gasteiger partial charge in [0.15, 0.2) is 0 Å². The molecule has 0 spiro atoms. The van der Waals surface area contributed by atoms with Gasteiger partial charge in [0.1, 0.15) is 0 Å². The van der Waals surface area contributed by atoms with Crippen LogP contribution in [0.1, 0.15) is 23.7 Å². The van der Waals surface area contributed by atoms with Gasteiger partial charge in [-0.25, -0.2) is 0 Å². The van der Waals surface area contributed by atoms with Gasteiger partial charge < -0.3 is 9.64 Å². The third-order valence-electron chi connectivity index (χ3n) is 3.32. The first kappa shape index (κ1) is 14.1. The topological polar surface area (TPSA) is 29.5 Å². The monoisotopic (exact) mass is 379 g/mol. The van der Waals surface area contributed by atoms with Crippen molar-refractivity contribution in [3.8, 4) is 0 Å². The fourth-order valence-corrected chi connectivity index (χ4v) is 2.73. The van der Waals surface area contributed by atoms with Gasteiger partial charge in [0.2, 0.25) is 0 Å². The number of rotatable bonds is 2. The molecule has 0 radical (unpaired) electrons. The molecule has 2 rings (SSSR count). The van der Waals surface area contributed by atoms with Gasteiger partial charge in [-0.2, -0.15) is 0 Å². The predicted molar refractivity (Wildman–Crippen MR) is 80.1 cm³/mol. The number of nitrogens with zero attached hydrogens (tertiary/aromatic N) is 1. The second-order valence-corrected chi connectivity index (χ2v) is 6.05. The lowest BCUT2D eigenvalue weighted by Gasteiger charge is -2.26. The van der Waals surface area contributed by atoms with Gasteiger partial charge in [0.05, 0.1) is 17.2 Å². The Morgan fingerprint density at radius 2 is 2.28 bits per heavy atom. The van der Waals surface area contributed by atoms with Crippen molar-refractivity contribution in [1.82, 2.24) is 4.90 Å². The molecule has 1 aliphatic heterocycles. The molecule has 0 saturated carbocycles. The van der Waals surface area contributed by atoms with E-state index in [9.17, 15) is 4.79 Å². The van der Waals surface area contributed by atoms with E-state index in [4.69, 9.17) is 16.3 Å². The van der Waals surface area contributed by atoms with E-state index < -0.39 is 0 Å². The van der Waals surface area contributed by atoms with Gasteiger partial charge in [-0.15, -0.1) is 0 Å². The SMILES string of the molecule is CC1OCCC1N(C)C(=O)c1ccc(I)c(Cl)c1. The molecule has 1 fully saturated rings. The number of carbonyl (C=O) groups is 1. The average molecular weight is 380 g/mol. The molecule has 0 aliphatic carbocycles. The van der Waals surface area contributed by atoms with Gasteiger partial charge in [-0.3, -0.25) is 4.79 Å². The molecule has 2 atom stereocenters. The third-order valence-corrected chi connectivity index (χ3v) is 4.89. The second-order valence-electron chi connectivity index (χ2n) is 4.48. The maximum absolute atomic E-state index is 12.4. The fourth-order valence-electron chi connectivity index (χ4n) is 2.21. The Morgan fingerprint density at radius 3 is 2.83 bits per heavy atom. The summed E-state index contributed by atoms with van der Waals surface area (Å²) < 4.78 is 6.44. The molecule has 1 saturated heterocycles. The van der Waals surface area contributed by atoms with Crippen LogP contribution in [-0.4, -0.2) is 36.6 Å². The highest BCUT2D eigenvalue weighted by atomic mass is 127. The Kier molecular flexibility index (Phi) is 4.50. The van der Waals surface area contributed by atoms with Crippen molar-refractivity contribution in [2.75, 3.05) is 13.7 Å². The van der Waals surface area contributed by atoms with Gasteiger partial charge in [0.25, 0.3) is 5.91 Å². The number of amides is 1. The van der Waals surface area contributed by atoms with Crippen molar-refractivity contribution >= 4 is 40.1 Å². The van der Waals surface area contributed by atoms with Crippen LogP contribution in [0.4, 0.5) is 0 Å². The third kappa shape index (κ3) is 2.81. The minimum atomic E-state index is -0.00403. The van der Waals surface area contributed by atoms with Gasteiger partial charge >= 0.3 is 0 Å². The highest BCUT2D eigenvalue weighted by Crippen LogP contribution is 2.23. The lowest BCUT2D eigenvalue weighted by atomic mass is 10.1. The molecule has 0 aromatic heterocycles. The molecule has 18 heavy (non-hydrogen) atoms. The van der Waals surface area contributed by atoms with Crippen molar-refractivity contribution in [2.24, 2.45) is 0 Å². The molecule has 1 aromatic rings. The summed E-state index contributed by atoms with van der Waals surface area (Å²) in [7, 11) is 1.82. The summed E-state index contributed by atoms with van der Waals surface area (Å²) in [5.74, 6) is -0.00403. The standard InChI is InChI=1S/C13H15ClINO2/c1-8-12(5-6-18-8)16(2)13(17)9-3-4-11(15)10(14)7-9/h3-4,7-8,12H,5-6H2,1-2H3. The van der Waals surface area contributed by atoms with Gasteiger partial charge in [-0.1, -0.05) is 11.6 Å². The summed E-state index contributed by atoms with van der Waals surface area (Å²) in [4.78, 5) is 14.1. The van der Waals surface area contributed by atoms with E-state index in [1.807, 2.05) is 26.1 Å². The van der Waals surface area contributed by atoms with E-state index in [1.165, 1.54) is 0 Å². The zero-order valence-corrected chi connectivity index (χ0v) is 13.2. The molecule has 1 aliphatic rings. The van der Waals surface area contributed by atoms with E-state index in [0.29, 0.717) is 10.6 Å². The highest BCUT2D eigenvalue weighted by Gasteiger charge is 2.31. The molecule has 3 nitrogen and oxygen atoms in total. The quantitative estimate of drug-likeness (QED) is 0.739. The molecular formula is C13H15ClINO2. The highest BCUT2D eigenvalue weighted by molar-refractivity contribution is 14.1. The number of likely N-dealkylation sites (N-methyl/N-ethyl adjacent to an activating group) is 1. The van der Waals surface area contributed by atoms with E-state index in [2.05, 4.69) is 22.6 Å².